The van der Waals surface area contributed by atoms with Crippen molar-refractivity contribution in [2.24, 2.45) is 0 Å². The van der Waals surface area contributed by atoms with Crippen LogP contribution in [0, 0.1) is 0 Å². The molecule has 2 N–H and O–H groups in total. The summed E-state index contributed by atoms with van der Waals surface area (Å²) in [4.78, 5) is 1.20. The Morgan fingerprint density at radius 1 is 1.00 bits per heavy atom. The summed E-state index contributed by atoms with van der Waals surface area (Å²) in [6.45, 7) is 0. The van der Waals surface area contributed by atoms with Crippen LogP contribution in [-0.4, -0.2) is 5.11 Å². The van der Waals surface area contributed by atoms with E-state index in [1.54, 1.807) is 24.1 Å². The zero-order chi connectivity index (χ0) is 11.7. The average molecular weight is 241 g/mol. The first kappa shape index (κ1) is 10.3. The Hall–Kier alpha value is -1.87. The van der Waals surface area contributed by atoms with Crippen molar-refractivity contribution < 1.29 is 5.11 Å². The third-order valence-corrected chi connectivity index (χ3v) is 3.53. The molecular formula is C14H11NOS. The molecule has 17 heavy (non-hydrogen) atoms. The largest absolute Gasteiger partial charge is 0.508 e. The standard InChI is InChI=1S/C14H11NOS/c16-11-7-5-10(6-8-11)9-14-12-3-1-2-4-13(12)15-17-14/h1-9,15-16H. The molecule has 2 aromatic rings. The van der Waals surface area contributed by atoms with Crippen molar-refractivity contribution >= 4 is 28.6 Å². The number of anilines is 1. The van der Waals surface area contributed by atoms with E-state index in [1.165, 1.54) is 10.5 Å². The number of aromatic hydroxyl groups is 1. The molecule has 0 atom stereocenters. The molecule has 1 aliphatic heterocycles. The predicted molar refractivity (Wildman–Crippen MR) is 73.6 cm³/mol. The predicted octanol–water partition coefficient (Wildman–Crippen LogP) is 3.96. The molecule has 1 aliphatic rings. The first-order valence-electron chi connectivity index (χ1n) is 5.36. The normalized spacial score (nSPS) is 15.6. The molecule has 2 nitrogen and oxygen atoms in total. The lowest BCUT2D eigenvalue weighted by Gasteiger charge is -1.98. The minimum atomic E-state index is 0.296. The van der Waals surface area contributed by atoms with Crippen LogP contribution in [0.15, 0.2) is 48.5 Å². The number of phenols is 1. The van der Waals surface area contributed by atoms with Gasteiger partial charge in [0.15, 0.2) is 0 Å². The summed E-state index contributed by atoms with van der Waals surface area (Å²) >= 11 is 1.62. The Bertz CT molecular complexity index is 575. The highest BCUT2D eigenvalue weighted by molar-refractivity contribution is 8.10. The maximum absolute atomic E-state index is 9.24. The highest BCUT2D eigenvalue weighted by atomic mass is 32.2. The minimum Gasteiger partial charge on any atom is -0.508 e. The molecule has 0 aliphatic carbocycles. The van der Waals surface area contributed by atoms with Crippen LogP contribution in [0.5, 0.6) is 5.75 Å². The van der Waals surface area contributed by atoms with Gasteiger partial charge >= 0.3 is 0 Å². The monoisotopic (exact) mass is 241 g/mol. The van der Waals surface area contributed by atoms with Crippen molar-refractivity contribution in [1.82, 2.24) is 0 Å². The smallest absolute Gasteiger partial charge is 0.115 e. The van der Waals surface area contributed by atoms with Gasteiger partial charge in [0.2, 0.25) is 0 Å². The van der Waals surface area contributed by atoms with Crippen LogP contribution in [0.1, 0.15) is 11.1 Å². The summed E-state index contributed by atoms with van der Waals surface area (Å²) in [6, 6.07) is 15.5. The number of para-hydroxylation sites is 1. The molecule has 0 saturated carbocycles. The number of rotatable bonds is 1. The minimum absolute atomic E-state index is 0.296. The summed E-state index contributed by atoms with van der Waals surface area (Å²) in [5, 5.41) is 9.24. The molecule has 0 saturated heterocycles. The van der Waals surface area contributed by atoms with Crippen LogP contribution in [0.3, 0.4) is 0 Å². The summed E-state index contributed by atoms with van der Waals surface area (Å²) in [5.41, 5.74) is 3.47. The molecule has 0 fully saturated rings. The fourth-order valence-electron chi connectivity index (χ4n) is 1.78. The van der Waals surface area contributed by atoms with Gasteiger partial charge in [0, 0.05) is 10.5 Å². The third-order valence-electron chi connectivity index (χ3n) is 2.65. The molecule has 84 valence electrons. The van der Waals surface area contributed by atoms with Crippen molar-refractivity contribution in [3.63, 3.8) is 0 Å². The van der Waals surface area contributed by atoms with E-state index in [9.17, 15) is 5.11 Å². The Morgan fingerprint density at radius 2 is 1.76 bits per heavy atom. The van der Waals surface area contributed by atoms with Gasteiger partial charge in [-0.15, -0.1) is 0 Å². The maximum Gasteiger partial charge on any atom is 0.115 e. The van der Waals surface area contributed by atoms with Crippen LogP contribution in [0.2, 0.25) is 0 Å². The van der Waals surface area contributed by atoms with E-state index in [2.05, 4.69) is 22.9 Å². The fourth-order valence-corrected chi connectivity index (χ4v) is 2.66. The van der Waals surface area contributed by atoms with Crippen LogP contribution in [0.25, 0.3) is 11.0 Å². The summed E-state index contributed by atoms with van der Waals surface area (Å²) < 4.78 is 3.28. The molecule has 0 unspecified atom stereocenters. The van der Waals surface area contributed by atoms with Crippen molar-refractivity contribution in [1.29, 1.82) is 0 Å². The molecule has 0 radical (unpaired) electrons. The van der Waals surface area contributed by atoms with E-state index in [1.807, 2.05) is 24.3 Å². The van der Waals surface area contributed by atoms with Gasteiger partial charge < -0.3 is 9.83 Å². The van der Waals surface area contributed by atoms with Gasteiger partial charge in [-0.25, -0.2) is 0 Å². The maximum atomic E-state index is 9.24. The molecular weight excluding hydrogens is 230 g/mol. The molecule has 3 rings (SSSR count). The van der Waals surface area contributed by atoms with E-state index in [4.69, 9.17) is 0 Å². The SMILES string of the molecule is Oc1ccc(C=C2SNc3ccccc32)cc1. The Labute approximate surface area is 104 Å². The van der Waals surface area contributed by atoms with Gasteiger partial charge in [0.05, 0.1) is 5.69 Å². The van der Waals surface area contributed by atoms with Crippen LogP contribution in [-0.2, 0) is 0 Å². The first-order chi connectivity index (χ1) is 8.33. The number of hydrogen-bond donors (Lipinski definition) is 2. The van der Waals surface area contributed by atoms with Gasteiger partial charge in [-0.1, -0.05) is 30.3 Å². The van der Waals surface area contributed by atoms with Crippen molar-refractivity contribution in [2.45, 2.75) is 0 Å². The van der Waals surface area contributed by atoms with Crippen molar-refractivity contribution in [3.05, 3.63) is 59.7 Å². The molecule has 0 spiro atoms. The summed E-state index contributed by atoms with van der Waals surface area (Å²) in [6.07, 6.45) is 2.11. The topological polar surface area (TPSA) is 32.3 Å². The van der Waals surface area contributed by atoms with Gasteiger partial charge in [-0.3, -0.25) is 0 Å². The van der Waals surface area contributed by atoms with Gasteiger partial charge in [0.1, 0.15) is 5.75 Å². The summed E-state index contributed by atoms with van der Waals surface area (Å²) in [5.74, 6) is 0.296. The Balaban J connectivity index is 1.99. The Kier molecular flexibility index (Phi) is 2.53. The number of nitrogens with one attached hydrogen (secondary N) is 1. The highest BCUT2D eigenvalue weighted by Gasteiger charge is 2.15. The van der Waals surface area contributed by atoms with E-state index >= 15 is 0 Å². The number of hydrogen-bond acceptors (Lipinski definition) is 3. The first-order valence-corrected chi connectivity index (χ1v) is 6.17. The Morgan fingerprint density at radius 3 is 2.59 bits per heavy atom. The molecule has 3 heteroatoms. The number of benzene rings is 2. The zero-order valence-electron chi connectivity index (χ0n) is 9.05. The van der Waals surface area contributed by atoms with Crippen LogP contribution >= 0.6 is 11.9 Å². The van der Waals surface area contributed by atoms with Gasteiger partial charge in [-0.05, 0) is 41.8 Å². The van der Waals surface area contributed by atoms with E-state index in [0.717, 1.165) is 11.3 Å². The van der Waals surface area contributed by atoms with Crippen molar-refractivity contribution in [2.75, 3.05) is 4.72 Å². The lowest BCUT2D eigenvalue weighted by Crippen LogP contribution is -1.77. The van der Waals surface area contributed by atoms with Gasteiger partial charge in [-0.2, -0.15) is 0 Å². The second-order valence-corrected chi connectivity index (χ2v) is 4.70. The van der Waals surface area contributed by atoms with Crippen LogP contribution in [0.4, 0.5) is 5.69 Å². The van der Waals surface area contributed by atoms with Gasteiger partial charge in [0.25, 0.3) is 0 Å². The molecule has 0 amide bonds. The molecule has 0 bridgehead atoms. The zero-order valence-corrected chi connectivity index (χ0v) is 9.87. The molecule has 0 aromatic heterocycles. The lowest BCUT2D eigenvalue weighted by molar-refractivity contribution is 0.475. The quantitative estimate of drug-likeness (QED) is 0.741. The molecule has 2 aromatic carbocycles. The highest BCUT2D eigenvalue weighted by Crippen LogP contribution is 2.41. The second-order valence-electron chi connectivity index (χ2n) is 3.85. The van der Waals surface area contributed by atoms with E-state index in [-0.39, 0.29) is 0 Å². The second kappa shape index (κ2) is 4.18. The fraction of sp³-hybridized carbons (Fsp3) is 0. The average Bonchev–Trinajstić information content (AvgIpc) is 2.76. The van der Waals surface area contributed by atoms with E-state index in [0.29, 0.717) is 5.75 Å². The number of fused-ring (bicyclic) bond motifs is 1. The molecule has 1 heterocycles. The van der Waals surface area contributed by atoms with Crippen molar-refractivity contribution in [3.8, 4) is 5.75 Å². The third kappa shape index (κ3) is 2.01. The van der Waals surface area contributed by atoms with Crippen LogP contribution < -0.4 is 4.72 Å². The number of phenolic OH excluding ortho intramolecular Hbond substituents is 1. The lowest BCUT2D eigenvalue weighted by atomic mass is 10.1. The van der Waals surface area contributed by atoms with E-state index < -0.39 is 0 Å². The summed E-state index contributed by atoms with van der Waals surface area (Å²) in [7, 11) is 0.